The highest BCUT2D eigenvalue weighted by Crippen LogP contribution is 2.13. The Morgan fingerprint density at radius 3 is 1.60 bits per heavy atom. The molecule has 1 fully saturated rings. The minimum Gasteiger partial charge on any atom is -0.468 e. The zero-order valence-electron chi connectivity index (χ0n) is 38.5. The molecule has 4 aromatic heterocycles. The van der Waals surface area contributed by atoms with Crippen molar-refractivity contribution in [2.75, 3.05) is 54.4 Å². The van der Waals surface area contributed by atoms with Crippen LogP contribution in [-0.2, 0) is 33.6 Å². The van der Waals surface area contributed by atoms with E-state index in [-0.39, 0.29) is 37.1 Å². The summed E-state index contributed by atoms with van der Waals surface area (Å²) in [5.41, 5.74) is 2.77. The van der Waals surface area contributed by atoms with Crippen LogP contribution in [0.2, 0.25) is 0 Å². The number of likely N-dealkylation sites (tertiary alicyclic amines) is 1. The summed E-state index contributed by atoms with van der Waals surface area (Å²) < 4.78 is 55.6. The number of piperidine rings is 1. The fourth-order valence-corrected chi connectivity index (χ4v) is 8.06. The Balaban J connectivity index is -0.000000222. The van der Waals surface area contributed by atoms with Crippen molar-refractivity contribution in [3.8, 4) is 0 Å². The summed E-state index contributed by atoms with van der Waals surface area (Å²) in [4.78, 5) is 4.57. The number of allylic oxidation sites excluding steroid dienone is 5. The molecule has 68 heavy (non-hydrogen) atoms. The van der Waals surface area contributed by atoms with Crippen LogP contribution in [0.4, 0.5) is 0 Å². The SMILES string of the molecule is C.C.C.C.C.CCN1CCCCC1.CNCC1=CCC=C1.CNCc1ccco1.CNS(=O)(=O)C1=CCC=C1.CNS(=O)(=O)c1ccccc1.Cc1cccs1.Cc1ccsc1.Cn1cccc1. The average Bonchev–Trinajstić information content (AvgIpc) is 4.16. The maximum Gasteiger partial charge on any atom is 0.240 e. The maximum absolute atomic E-state index is 11.1. The number of nitrogens with one attached hydrogen (secondary N) is 4. The molecule has 4 N–H and O–H groups in total. The highest BCUT2D eigenvalue weighted by atomic mass is 32.2. The second kappa shape index (κ2) is 45.3. The second-order valence-corrected chi connectivity index (χ2v) is 19.6. The van der Waals surface area contributed by atoms with Crippen molar-refractivity contribution in [3.63, 3.8) is 0 Å². The van der Waals surface area contributed by atoms with Gasteiger partial charge in [-0.15, -0.1) is 11.3 Å². The van der Waals surface area contributed by atoms with E-state index in [1.54, 1.807) is 71.4 Å². The van der Waals surface area contributed by atoms with Crippen LogP contribution >= 0.6 is 22.7 Å². The maximum atomic E-state index is 11.1. The van der Waals surface area contributed by atoms with E-state index in [4.69, 9.17) is 4.42 Å². The van der Waals surface area contributed by atoms with Crippen LogP contribution in [0.1, 0.15) is 92.4 Å². The molecule has 8 rings (SSSR count). The molecule has 1 aromatic carbocycles. The first-order valence-corrected chi connectivity index (χ1v) is 25.8. The van der Waals surface area contributed by atoms with Gasteiger partial charge in [-0.2, -0.15) is 11.3 Å². The molecule has 0 atom stereocenters. The molecule has 388 valence electrons. The number of hydrogen-bond acceptors (Lipinski definition) is 10. The first-order valence-electron chi connectivity index (χ1n) is 21.1. The molecule has 0 bridgehead atoms. The van der Waals surface area contributed by atoms with E-state index in [1.165, 1.54) is 69.0 Å². The van der Waals surface area contributed by atoms with Gasteiger partial charge in [-0.25, -0.2) is 26.3 Å². The van der Waals surface area contributed by atoms with Crippen LogP contribution in [0.15, 0.2) is 164 Å². The summed E-state index contributed by atoms with van der Waals surface area (Å²) in [6, 6.07) is 22.3. The third kappa shape index (κ3) is 35.9. The molecule has 0 spiro atoms. The van der Waals surface area contributed by atoms with Crippen LogP contribution in [0.5, 0.6) is 0 Å². The number of benzene rings is 1. The van der Waals surface area contributed by atoms with Gasteiger partial charge < -0.3 is 24.5 Å². The Morgan fingerprint density at radius 2 is 1.26 bits per heavy atom. The molecule has 0 saturated carbocycles. The largest absolute Gasteiger partial charge is 0.468 e. The van der Waals surface area contributed by atoms with Crippen LogP contribution in [-0.4, -0.2) is 80.7 Å². The monoisotopic (exact) mass is 1020 g/mol. The van der Waals surface area contributed by atoms with E-state index in [9.17, 15) is 16.8 Å². The molecule has 0 unspecified atom stereocenters. The Morgan fingerprint density at radius 1 is 0.662 bits per heavy atom. The molecule has 5 aromatic rings. The molecule has 1 aliphatic heterocycles. The normalized spacial score (nSPS) is 12.6. The number of aromatic nitrogens is 1. The van der Waals surface area contributed by atoms with Crippen molar-refractivity contribution in [3.05, 3.63) is 171 Å². The summed E-state index contributed by atoms with van der Waals surface area (Å²) in [5, 5.41) is 12.3. The van der Waals surface area contributed by atoms with Gasteiger partial charge in [0, 0.05) is 30.9 Å². The Kier molecular flexibility index (Phi) is 48.5. The molecular weight excluding hydrogens is 929 g/mol. The number of thiophene rings is 2. The van der Waals surface area contributed by atoms with Crippen molar-refractivity contribution in [2.45, 2.75) is 101 Å². The molecule has 5 heterocycles. The van der Waals surface area contributed by atoms with E-state index in [2.05, 4.69) is 98.3 Å². The Hall–Kier alpha value is -4.16. The number of rotatable bonds is 9. The van der Waals surface area contributed by atoms with E-state index in [0.29, 0.717) is 9.80 Å². The lowest BCUT2D eigenvalue weighted by atomic mass is 10.1. The Labute approximate surface area is 424 Å². The Bertz CT molecular complexity index is 2070. The lowest BCUT2D eigenvalue weighted by molar-refractivity contribution is 0.240. The fraction of sp³-hybridized carbons (Fsp3) is 0.434. The number of aryl methyl sites for hydroxylation is 3. The predicted molar refractivity (Wildman–Crippen MR) is 303 cm³/mol. The molecule has 11 nitrogen and oxygen atoms in total. The molecule has 15 heteroatoms. The highest BCUT2D eigenvalue weighted by Gasteiger charge is 2.13. The molecule has 0 amide bonds. The minimum atomic E-state index is -3.25. The van der Waals surface area contributed by atoms with Gasteiger partial charge in [-0.1, -0.05) is 105 Å². The average molecular weight is 1020 g/mol. The summed E-state index contributed by atoms with van der Waals surface area (Å²) in [7, 11) is 2.23. The molecular formula is C53H92N6O5S4. The quantitative estimate of drug-likeness (QED) is 0.115. The van der Waals surface area contributed by atoms with Gasteiger partial charge in [0.15, 0.2) is 0 Å². The van der Waals surface area contributed by atoms with Gasteiger partial charge in [0.1, 0.15) is 5.76 Å². The molecule has 3 aliphatic rings. The molecule has 0 radical (unpaired) electrons. The van der Waals surface area contributed by atoms with Crippen molar-refractivity contribution in [1.82, 2.24) is 29.5 Å². The van der Waals surface area contributed by atoms with E-state index in [1.807, 2.05) is 68.4 Å². The van der Waals surface area contributed by atoms with Crippen LogP contribution < -0.4 is 20.1 Å². The lowest BCUT2D eigenvalue weighted by Crippen LogP contribution is -2.29. The van der Waals surface area contributed by atoms with Crippen LogP contribution in [0, 0.1) is 13.8 Å². The number of furan rings is 1. The van der Waals surface area contributed by atoms with Crippen molar-refractivity contribution in [1.29, 1.82) is 0 Å². The van der Waals surface area contributed by atoms with Gasteiger partial charge in [-0.05, 0) is 169 Å². The zero-order chi connectivity index (χ0) is 46.6. The number of likely N-dealkylation sites (N-methyl/N-ethyl adjacent to an activating group) is 1. The van der Waals surface area contributed by atoms with Crippen molar-refractivity contribution >= 4 is 42.7 Å². The summed E-state index contributed by atoms with van der Waals surface area (Å²) >= 11 is 3.52. The number of hydrogen-bond donors (Lipinski definition) is 4. The number of nitrogens with zero attached hydrogens (tertiary/aromatic N) is 2. The third-order valence-electron chi connectivity index (χ3n) is 8.77. The summed E-state index contributed by atoms with van der Waals surface area (Å²) in [6.45, 7) is 12.2. The van der Waals surface area contributed by atoms with Gasteiger partial charge in [0.05, 0.1) is 22.6 Å². The third-order valence-corrected chi connectivity index (χ3v) is 13.3. The topological polar surface area (TPSA) is 138 Å². The first-order chi connectivity index (χ1) is 30.3. The van der Waals surface area contributed by atoms with Gasteiger partial charge in [-0.3, -0.25) is 0 Å². The fourth-order valence-electron chi connectivity index (χ4n) is 5.29. The first kappa shape index (κ1) is 72.8. The number of sulfonamides is 2. The van der Waals surface area contributed by atoms with Gasteiger partial charge >= 0.3 is 0 Å². The minimum absolute atomic E-state index is 0. The smallest absolute Gasteiger partial charge is 0.240 e. The van der Waals surface area contributed by atoms with Crippen molar-refractivity contribution < 1.29 is 21.3 Å². The highest BCUT2D eigenvalue weighted by molar-refractivity contribution is 7.93. The zero-order valence-corrected chi connectivity index (χ0v) is 41.8. The van der Waals surface area contributed by atoms with E-state index in [0.717, 1.165) is 31.7 Å². The van der Waals surface area contributed by atoms with Crippen LogP contribution in [0.25, 0.3) is 0 Å². The van der Waals surface area contributed by atoms with Gasteiger partial charge in [0.2, 0.25) is 20.0 Å². The van der Waals surface area contributed by atoms with Crippen LogP contribution in [0.3, 0.4) is 0 Å². The van der Waals surface area contributed by atoms with Crippen molar-refractivity contribution in [2.24, 2.45) is 7.05 Å². The van der Waals surface area contributed by atoms with E-state index < -0.39 is 20.0 Å². The standard InChI is InChI=1S/C7H9NO2S.C7H11N.C7H15N.C6H9NO2S.C6H9NO.C5H7N.2C5H6S.5CH4/c1-8-11(9,10)7-5-3-2-4-6-7;1-8-6-7-4-2-3-5-7;1-2-8-6-4-3-5-7-8;1-7-10(8,9)6-4-2-3-5-6;1-7-5-6-3-2-4-8-6;1-6-4-2-3-5-6;1-5-2-3-6-4-5;1-5-3-2-4-6-5;;;;;/h2-6,8H,1H3;2,4-5,8H,3,6H2,1H3;2-7H2,1H3;2,4-5,7H,3H2,1H3;2-4,7H,5H2,1H3;2-5H,1H3;2*2-4H,1H3;5*1H4. The predicted octanol–water partition coefficient (Wildman–Crippen LogP) is 12.9. The molecule has 2 aliphatic carbocycles. The van der Waals surface area contributed by atoms with Gasteiger partial charge in [0.25, 0.3) is 0 Å². The summed E-state index contributed by atoms with van der Waals surface area (Å²) in [6.07, 6.45) is 23.5. The molecule has 1 saturated heterocycles. The summed E-state index contributed by atoms with van der Waals surface area (Å²) in [5.74, 6) is 0.979. The lowest BCUT2D eigenvalue weighted by Gasteiger charge is -2.24. The second-order valence-electron chi connectivity index (χ2n) is 13.9. The van der Waals surface area contributed by atoms with E-state index >= 15 is 0 Å².